The van der Waals surface area contributed by atoms with Gasteiger partial charge in [-0.3, -0.25) is 9.59 Å². The first kappa shape index (κ1) is 42.1. The van der Waals surface area contributed by atoms with Crippen molar-refractivity contribution in [2.75, 3.05) is 7.11 Å². The number of pyridine rings is 4. The summed E-state index contributed by atoms with van der Waals surface area (Å²) in [6.07, 6.45) is 9.17. The van der Waals surface area contributed by atoms with Crippen molar-refractivity contribution < 1.29 is 17.9 Å². The monoisotopic (exact) mass is 860 g/mol. The third-order valence-electron chi connectivity index (χ3n) is 9.52. The van der Waals surface area contributed by atoms with E-state index in [-0.39, 0.29) is 49.3 Å². The number of benzene rings is 2. The predicted octanol–water partition coefficient (Wildman–Crippen LogP) is 9.66. The SMILES string of the molecule is COc1cc(/C=C/c2nn(-c3ccc(Cl)cc3F)c3cc(C)c(C)nc3c2=O)ccn1.Cc1cc2c(nc1C)c(=O)c(/C=C/c1ccnc(F)c1)nn2-c1ccc(Cl)cc1F. The van der Waals surface area contributed by atoms with Crippen LogP contribution < -0.4 is 15.6 Å². The first-order chi connectivity index (χ1) is 29.2. The maximum atomic E-state index is 14.7. The molecule has 61 heavy (non-hydrogen) atoms. The molecule has 0 amide bonds. The van der Waals surface area contributed by atoms with Gasteiger partial charge in [0.05, 0.1) is 18.1 Å². The first-order valence-electron chi connectivity index (χ1n) is 18.4. The summed E-state index contributed by atoms with van der Waals surface area (Å²) in [5, 5.41) is 9.30. The van der Waals surface area contributed by atoms with Gasteiger partial charge in [0.25, 0.3) is 0 Å². The lowest BCUT2D eigenvalue weighted by atomic mass is 10.1. The molecule has 0 N–H and O–H groups in total. The number of fused-ring (bicyclic) bond motifs is 2. The highest BCUT2D eigenvalue weighted by Gasteiger charge is 2.18. The molecule has 0 fully saturated rings. The Labute approximate surface area is 356 Å². The van der Waals surface area contributed by atoms with Gasteiger partial charge in [-0.2, -0.15) is 14.6 Å². The fourth-order valence-corrected chi connectivity index (χ4v) is 6.42. The van der Waals surface area contributed by atoms with Crippen LogP contribution in [0.4, 0.5) is 13.2 Å². The molecule has 0 aliphatic rings. The Bertz CT molecular complexity index is 3210. The van der Waals surface area contributed by atoms with E-state index in [0.29, 0.717) is 33.9 Å². The van der Waals surface area contributed by atoms with Crippen molar-refractivity contribution in [2.24, 2.45) is 0 Å². The van der Waals surface area contributed by atoms with Crippen molar-refractivity contribution in [1.82, 2.24) is 39.5 Å². The summed E-state index contributed by atoms with van der Waals surface area (Å²) in [6.45, 7) is 7.33. The molecule has 11 nitrogen and oxygen atoms in total. The topological polar surface area (TPSA) is 131 Å². The van der Waals surface area contributed by atoms with Gasteiger partial charge in [0.15, 0.2) is 0 Å². The van der Waals surface area contributed by atoms with Crippen LogP contribution in [0.2, 0.25) is 10.0 Å². The molecule has 0 unspecified atom stereocenters. The van der Waals surface area contributed by atoms with Gasteiger partial charge in [-0.05, 0) is 123 Å². The highest BCUT2D eigenvalue weighted by atomic mass is 35.5. The number of ether oxygens (including phenoxy) is 1. The van der Waals surface area contributed by atoms with E-state index in [9.17, 15) is 22.8 Å². The van der Waals surface area contributed by atoms with Crippen molar-refractivity contribution in [1.29, 1.82) is 0 Å². The largest absolute Gasteiger partial charge is 0.481 e. The number of aromatic nitrogens is 8. The predicted molar refractivity (Wildman–Crippen MR) is 232 cm³/mol. The van der Waals surface area contributed by atoms with Crippen molar-refractivity contribution in [3.63, 3.8) is 0 Å². The molecule has 6 heterocycles. The van der Waals surface area contributed by atoms with E-state index in [1.807, 2.05) is 20.8 Å². The highest BCUT2D eigenvalue weighted by molar-refractivity contribution is 6.30. The Balaban J connectivity index is 0.000000184. The van der Waals surface area contributed by atoms with Crippen molar-refractivity contribution in [2.45, 2.75) is 27.7 Å². The van der Waals surface area contributed by atoms with Gasteiger partial charge in [-0.1, -0.05) is 35.4 Å². The Hall–Kier alpha value is -7.03. The summed E-state index contributed by atoms with van der Waals surface area (Å²) >= 11 is 11.8. The zero-order valence-electron chi connectivity index (χ0n) is 33.1. The first-order valence-corrected chi connectivity index (χ1v) is 19.2. The number of aryl methyl sites for hydroxylation is 4. The maximum Gasteiger partial charge on any atom is 0.233 e. The molecule has 0 atom stereocenters. The van der Waals surface area contributed by atoms with Gasteiger partial charge in [0.1, 0.15) is 45.4 Å². The zero-order valence-corrected chi connectivity index (χ0v) is 34.6. The maximum absolute atomic E-state index is 14.7. The Morgan fingerprint density at radius 2 is 1.05 bits per heavy atom. The average Bonchev–Trinajstić information content (AvgIpc) is 3.23. The molecular formula is C45H33Cl2F3N8O3. The van der Waals surface area contributed by atoms with Gasteiger partial charge in [-0.15, -0.1) is 0 Å². The van der Waals surface area contributed by atoms with E-state index in [1.165, 1.54) is 71.2 Å². The molecule has 0 spiro atoms. The van der Waals surface area contributed by atoms with Crippen molar-refractivity contribution in [3.8, 4) is 17.3 Å². The number of halogens is 5. The molecule has 0 saturated heterocycles. The molecule has 0 radical (unpaired) electrons. The quantitative estimate of drug-likeness (QED) is 0.144. The van der Waals surface area contributed by atoms with Crippen LogP contribution >= 0.6 is 23.2 Å². The molecule has 306 valence electrons. The second-order valence-electron chi connectivity index (χ2n) is 13.7. The molecule has 16 heteroatoms. The van der Waals surface area contributed by atoms with Crippen LogP contribution in [0.1, 0.15) is 45.0 Å². The second-order valence-corrected chi connectivity index (χ2v) is 14.5. The Morgan fingerprint density at radius 1 is 0.590 bits per heavy atom. The number of rotatable bonds is 7. The van der Waals surface area contributed by atoms with Gasteiger partial charge >= 0.3 is 0 Å². The lowest BCUT2D eigenvalue weighted by molar-refractivity contribution is 0.398. The minimum atomic E-state index is -0.642. The molecular weight excluding hydrogens is 828 g/mol. The lowest BCUT2D eigenvalue weighted by Crippen LogP contribution is -2.18. The van der Waals surface area contributed by atoms with Gasteiger partial charge in [0.2, 0.25) is 22.7 Å². The van der Waals surface area contributed by atoms with Gasteiger partial charge in [0, 0.05) is 46.0 Å². The van der Waals surface area contributed by atoms with E-state index >= 15 is 0 Å². The minimum Gasteiger partial charge on any atom is -0.481 e. The van der Waals surface area contributed by atoms with E-state index < -0.39 is 23.0 Å². The molecule has 0 saturated carbocycles. The van der Waals surface area contributed by atoms with E-state index in [2.05, 4.69) is 30.1 Å². The second kappa shape index (κ2) is 17.7. The molecule has 0 bridgehead atoms. The van der Waals surface area contributed by atoms with Crippen LogP contribution in [0.25, 0.3) is 57.7 Å². The average molecular weight is 862 g/mol. The molecule has 8 aromatic rings. The van der Waals surface area contributed by atoms with E-state index in [4.69, 9.17) is 27.9 Å². The Morgan fingerprint density at radius 3 is 1.49 bits per heavy atom. The van der Waals surface area contributed by atoms with Gasteiger partial charge < -0.3 is 4.74 Å². The number of hydrogen-bond donors (Lipinski definition) is 0. The van der Waals surface area contributed by atoms with Crippen LogP contribution in [0.3, 0.4) is 0 Å². The molecule has 0 aliphatic heterocycles. The highest BCUT2D eigenvalue weighted by Crippen LogP contribution is 2.25. The van der Waals surface area contributed by atoms with Crippen LogP contribution in [-0.2, 0) is 0 Å². The van der Waals surface area contributed by atoms with Crippen LogP contribution in [-0.4, -0.2) is 46.6 Å². The zero-order chi connectivity index (χ0) is 43.5. The van der Waals surface area contributed by atoms with Crippen LogP contribution in [0.5, 0.6) is 5.88 Å². The summed E-state index contributed by atoms with van der Waals surface area (Å²) in [4.78, 5) is 42.6. The standard InChI is InChI=1S/C23H18ClFN4O2.C22H15ClF2N4O/c1-13-10-20-22(27-14(13)2)23(30)18(6-4-15-8-9-26-21(11-15)31-3)28-29(20)19-7-5-16(24)12-17(19)25;1-12-9-19-21(27-13(12)2)22(30)17(5-3-14-7-8-26-20(25)10-14)28-29(19)18-6-4-15(23)11-16(18)24/h4-12H,1-3H3;3-11H,1-2H3/b6-4+;5-3+. The number of nitrogens with zero attached hydrogens (tertiary/aromatic N) is 8. The number of methoxy groups -OCH3 is 1. The summed E-state index contributed by atoms with van der Waals surface area (Å²) in [5.74, 6) is -1.35. The normalized spacial score (nSPS) is 11.4. The smallest absolute Gasteiger partial charge is 0.233 e. The van der Waals surface area contributed by atoms with Crippen LogP contribution in [0.15, 0.2) is 94.8 Å². The molecule has 8 rings (SSSR count). The minimum absolute atomic E-state index is 0.0322. The van der Waals surface area contributed by atoms with E-state index in [0.717, 1.165) is 16.7 Å². The number of hydrogen-bond acceptors (Lipinski definition) is 9. The Kier molecular flexibility index (Phi) is 12.2. The third-order valence-corrected chi connectivity index (χ3v) is 9.99. The summed E-state index contributed by atoms with van der Waals surface area (Å²) in [7, 11) is 1.52. The van der Waals surface area contributed by atoms with Crippen LogP contribution in [0, 0.1) is 45.3 Å². The van der Waals surface area contributed by atoms with E-state index in [1.54, 1.807) is 61.7 Å². The van der Waals surface area contributed by atoms with Gasteiger partial charge in [-0.25, -0.2) is 38.1 Å². The fourth-order valence-electron chi connectivity index (χ4n) is 6.10. The third kappa shape index (κ3) is 9.10. The summed E-state index contributed by atoms with van der Waals surface area (Å²) in [5.41, 5.74) is 5.20. The van der Waals surface area contributed by atoms with Crippen molar-refractivity contribution in [3.05, 3.63) is 178 Å². The summed E-state index contributed by atoms with van der Waals surface area (Å²) < 4.78 is 50.6. The fraction of sp³-hybridized carbons (Fsp3) is 0.111. The summed E-state index contributed by atoms with van der Waals surface area (Å²) in [6, 6.07) is 18.3. The van der Waals surface area contributed by atoms with Crippen molar-refractivity contribution >= 4 is 69.6 Å². The molecule has 0 aliphatic carbocycles. The molecule has 6 aromatic heterocycles. The molecule has 2 aromatic carbocycles. The lowest BCUT2D eigenvalue weighted by Gasteiger charge is -2.13.